The first-order valence-electron chi connectivity index (χ1n) is 5.96. The normalized spacial score (nSPS) is 14.8. The van der Waals surface area contributed by atoms with Crippen LogP contribution in [0.5, 0.6) is 0 Å². The Hall–Kier alpha value is -0.860. The quantitative estimate of drug-likeness (QED) is 0.801. The lowest BCUT2D eigenvalue weighted by Gasteiger charge is -2.17. The van der Waals surface area contributed by atoms with Gasteiger partial charge in [0.05, 0.1) is 0 Å². The summed E-state index contributed by atoms with van der Waals surface area (Å²) in [5.74, 6) is 0.314. The summed E-state index contributed by atoms with van der Waals surface area (Å²) >= 11 is 0. The van der Waals surface area contributed by atoms with Gasteiger partial charge in [-0.1, -0.05) is 25.1 Å². The van der Waals surface area contributed by atoms with Gasteiger partial charge in [-0.05, 0) is 43.4 Å². The Morgan fingerprint density at radius 2 is 1.88 bits per heavy atom. The maximum Gasteiger partial charge on any atom is 0.0468 e. The molecule has 0 aliphatic heterocycles. The highest BCUT2D eigenvalue weighted by atomic mass is 16.3. The van der Waals surface area contributed by atoms with E-state index in [1.165, 1.54) is 16.7 Å². The number of rotatable bonds is 5. The molecule has 2 nitrogen and oxygen atoms in total. The molecule has 1 aromatic carbocycles. The zero-order chi connectivity index (χ0) is 12.1. The fraction of sp³-hybridized carbons (Fsp3) is 0.571. The number of aliphatic hydroxyl groups is 1. The van der Waals surface area contributed by atoms with Gasteiger partial charge < -0.3 is 10.4 Å². The molecule has 2 heteroatoms. The standard InChI is InChI=1S/C14H23NO/c1-10(9-16)8-15-13(4)14-6-5-11(2)12(3)7-14/h5-7,10,13,15-16H,8-9H2,1-4H3. The predicted molar refractivity (Wildman–Crippen MR) is 68.6 cm³/mol. The van der Waals surface area contributed by atoms with E-state index in [-0.39, 0.29) is 6.61 Å². The number of hydrogen-bond donors (Lipinski definition) is 2. The van der Waals surface area contributed by atoms with Gasteiger partial charge in [0.25, 0.3) is 0 Å². The van der Waals surface area contributed by atoms with Gasteiger partial charge in [-0.2, -0.15) is 0 Å². The number of aryl methyl sites for hydroxylation is 2. The third-order valence-electron chi connectivity index (χ3n) is 3.12. The average molecular weight is 221 g/mol. The number of hydrogen-bond acceptors (Lipinski definition) is 2. The van der Waals surface area contributed by atoms with Crippen LogP contribution in [0.2, 0.25) is 0 Å². The highest BCUT2D eigenvalue weighted by Crippen LogP contribution is 2.16. The number of aliphatic hydroxyl groups excluding tert-OH is 1. The third kappa shape index (κ3) is 3.62. The van der Waals surface area contributed by atoms with Crippen molar-refractivity contribution in [3.05, 3.63) is 34.9 Å². The number of nitrogens with one attached hydrogen (secondary N) is 1. The predicted octanol–water partition coefficient (Wildman–Crippen LogP) is 2.58. The largest absolute Gasteiger partial charge is 0.396 e. The van der Waals surface area contributed by atoms with E-state index in [9.17, 15) is 0 Å². The molecule has 2 N–H and O–H groups in total. The van der Waals surface area contributed by atoms with Crippen molar-refractivity contribution in [2.75, 3.05) is 13.2 Å². The van der Waals surface area contributed by atoms with Crippen LogP contribution in [0.25, 0.3) is 0 Å². The molecule has 1 aromatic rings. The lowest BCUT2D eigenvalue weighted by Crippen LogP contribution is -2.26. The van der Waals surface area contributed by atoms with E-state index in [0.717, 1.165) is 6.54 Å². The van der Waals surface area contributed by atoms with E-state index >= 15 is 0 Å². The van der Waals surface area contributed by atoms with Gasteiger partial charge >= 0.3 is 0 Å². The summed E-state index contributed by atoms with van der Waals surface area (Å²) in [6.07, 6.45) is 0. The summed E-state index contributed by atoms with van der Waals surface area (Å²) in [7, 11) is 0. The highest BCUT2D eigenvalue weighted by Gasteiger charge is 2.07. The SMILES string of the molecule is Cc1ccc(C(C)NCC(C)CO)cc1C. The first kappa shape index (κ1) is 13.2. The zero-order valence-corrected chi connectivity index (χ0v) is 10.7. The molecule has 0 saturated carbocycles. The van der Waals surface area contributed by atoms with Crippen LogP contribution in [0.15, 0.2) is 18.2 Å². The first-order valence-corrected chi connectivity index (χ1v) is 5.96. The maximum atomic E-state index is 8.96. The molecular formula is C14H23NO. The molecular weight excluding hydrogens is 198 g/mol. The van der Waals surface area contributed by atoms with Gasteiger partial charge in [-0.3, -0.25) is 0 Å². The molecule has 0 aliphatic rings. The van der Waals surface area contributed by atoms with Crippen molar-refractivity contribution in [2.24, 2.45) is 5.92 Å². The highest BCUT2D eigenvalue weighted by molar-refractivity contribution is 5.31. The van der Waals surface area contributed by atoms with E-state index in [1.54, 1.807) is 0 Å². The molecule has 0 aromatic heterocycles. The molecule has 16 heavy (non-hydrogen) atoms. The van der Waals surface area contributed by atoms with Crippen molar-refractivity contribution >= 4 is 0 Å². The Morgan fingerprint density at radius 3 is 2.44 bits per heavy atom. The van der Waals surface area contributed by atoms with Crippen LogP contribution in [0.1, 0.15) is 36.6 Å². The molecule has 0 saturated heterocycles. The molecule has 1 rings (SSSR count). The van der Waals surface area contributed by atoms with Crippen molar-refractivity contribution < 1.29 is 5.11 Å². The Balaban J connectivity index is 2.59. The van der Waals surface area contributed by atoms with Crippen LogP contribution < -0.4 is 5.32 Å². The van der Waals surface area contributed by atoms with Crippen LogP contribution >= 0.6 is 0 Å². The molecule has 2 unspecified atom stereocenters. The minimum absolute atomic E-state index is 0.243. The van der Waals surface area contributed by atoms with Crippen molar-refractivity contribution in [1.82, 2.24) is 5.32 Å². The summed E-state index contributed by atoms with van der Waals surface area (Å²) in [6.45, 7) is 9.57. The van der Waals surface area contributed by atoms with Gasteiger partial charge in [0.1, 0.15) is 0 Å². The molecule has 0 heterocycles. The van der Waals surface area contributed by atoms with Gasteiger partial charge in [-0.25, -0.2) is 0 Å². The van der Waals surface area contributed by atoms with Gasteiger partial charge in [0.2, 0.25) is 0 Å². The summed E-state index contributed by atoms with van der Waals surface area (Å²) in [4.78, 5) is 0. The second-order valence-electron chi connectivity index (χ2n) is 4.76. The Morgan fingerprint density at radius 1 is 1.19 bits per heavy atom. The minimum atomic E-state index is 0.243. The van der Waals surface area contributed by atoms with Crippen molar-refractivity contribution in [2.45, 2.75) is 33.7 Å². The fourth-order valence-corrected chi connectivity index (χ4v) is 1.59. The van der Waals surface area contributed by atoms with Crippen LogP contribution in [-0.4, -0.2) is 18.3 Å². The first-order chi connectivity index (χ1) is 7.54. The summed E-state index contributed by atoms with van der Waals surface area (Å²) in [5.41, 5.74) is 3.98. The smallest absolute Gasteiger partial charge is 0.0468 e. The lowest BCUT2D eigenvalue weighted by atomic mass is 10.0. The van der Waals surface area contributed by atoms with E-state index in [0.29, 0.717) is 12.0 Å². The monoisotopic (exact) mass is 221 g/mol. The minimum Gasteiger partial charge on any atom is -0.396 e. The molecule has 0 amide bonds. The topological polar surface area (TPSA) is 32.3 Å². The van der Waals surface area contributed by atoms with Crippen molar-refractivity contribution in [1.29, 1.82) is 0 Å². The fourth-order valence-electron chi connectivity index (χ4n) is 1.59. The molecule has 2 atom stereocenters. The molecule has 0 aliphatic carbocycles. The van der Waals surface area contributed by atoms with Crippen LogP contribution in [0, 0.1) is 19.8 Å². The van der Waals surface area contributed by atoms with Crippen LogP contribution in [0.4, 0.5) is 0 Å². The Labute approximate surface area is 98.7 Å². The molecule has 0 radical (unpaired) electrons. The summed E-state index contributed by atoms with van der Waals surface area (Å²) in [6, 6.07) is 6.91. The van der Waals surface area contributed by atoms with E-state index < -0.39 is 0 Å². The lowest BCUT2D eigenvalue weighted by molar-refractivity contribution is 0.231. The summed E-state index contributed by atoms with van der Waals surface area (Å²) in [5, 5.41) is 12.4. The second-order valence-corrected chi connectivity index (χ2v) is 4.76. The van der Waals surface area contributed by atoms with E-state index in [1.807, 2.05) is 6.92 Å². The van der Waals surface area contributed by atoms with Gasteiger partial charge in [0.15, 0.2) is 0 Å². The average Bonchev–Trinajstić information content (AvgIpc) is 2.29. The third-order valence-corrected chi connectivity index (χ3v) is 3.12. The van der Waals surface area contributed by atoms with Crippen molar-refractivity contribution in [3.8, 4) is 0 Å². The van der Waals surface area contributed by atoms with E-state index in [4.69, 9.17) is 5.11 Å². The number of benzene rings is 1. The van der Waals surface area contributed by atoms with Crippen LogP contribution in [0.3, 0.4) is 0 Å². The molecule has 0 spiro atoms. The maximum absolute atomic E-state index is 8.96. The van der Waals surface area contributed by atoms with E-state index in [2.05, 4.69) is 44.3 Å². The molecule has 0 fully saturated rings. The molecule has 0 bridgehead atoms. The second kappa shape index (κ2) is 6.02. The summed E-state index contributed by atoms with van der Waals surface area (Å²) < 4.78 is 0. The Bertz CT molecular complexity index is 336. The zero-order valence-electron chi connectivity index (χ0n) is 10.7. The van der Waals surface area contributed by atoms with Gasteiger partial charge in [-0.15, -0.1) is 0 Å². The Kier molecular flexibility index (Phi) is 4.97. The van der Waals surface area contributed by atoms with Crippen LogP contribution in [-0.2, 0) is 0 Å². The van der Waals surface area contributed by atoms with Crippen molar-refractivity contribution in [3.63, 3.8) is 0 Å². The van der Waals surface area contributed by atoms with Gasteiger partial charge in [0, 0.05) is 19.2 Å². The molecule has 90 valence electrons.